The van der Waals surface area contributed by atoms with Gasteiger partial charge < -0.3 is 4.74 Å². The summed E-state index contributed by atoms with van der Waals surface area (Å²) in [6.45, 7) is 10.2. The molecule has 0 radical (unpaired) electrons. The Labute approximate surface area is 90.6 Å². The third-order valence-electron chi connectivity index (χ3n) is 3.16. The summed E-state index contributed by atoms with van der Waals surface area (Å²) in [5.74, 6) is 0. The molecule has 0 bridgehead atoms. The van der Waals surface area contributed by atoms with E-state index in [0.717, 1.165) is 31.9 Å². The van der Waals surface area contributed by atoms with Gasteiger partial charge in [0.05, 0.1) is 18.5 Å². The Bertz CT molecular complexity index is 336. The lowest BCUT2D eigenvalue weighted by Gasteiger charge is -2.39. The fourth-order valence-corrected chi connectivity index (χ4v) is 2.25. The number of nitrogens with one attached hydrogen (secondary N) is 1. The fraction of sp³-hybridized carbons (Fsp3) is 0.727. The summed E-state index contributed by atoms with van der Waals surface area (Å²) < 4.78 is 5.91. The van der Waals surface area contributed by atoms with Crippen LogP contribution in [0.5, 0.6) is 0 Å². The van der Waals surface area contributed by atoms with Gasteiger partial charge in [0, 0.05) is 13.1 Å². The second kappa shape index (κ2) is 3.94. The number of nitrogens with zero attached hydrogens (tertiary/aromatic N) is 2. The van der Waals surface area contributed by atoms with Crippen molar-refractivity contribution in [3.63, 3.8) is 0 Å². The zero-order chi connectivity index (χ0) is 10.9. The van der Waals surface area contributed by atoms with Crippen LogP contribution in [0.4, 0.5) is 0 Å². The van der Waals surface area contributed by atoms with Crippen LogP contribution in [0.25, 0.3) is 0 Å². The van der Waals surface area contributed by atoms with Crippen molar-refractivity contribution >= 4 is 0 Å². The number of hydrogen-bond acceptors (Lipinski definition) is 3. The number of H-pyrrole nitrogens is 1. The van der Waals surface area contributed by atoms with Gasteiger partial charge in [-0.15, -0.1) is 0 Å². The molecule has 0 aromatic carbocycles. The van der Waals surface area contributed by atoms with E-state index in [2.05, 4.69) is 35.9 Å². The van der Waals surface area contributed by atoms with Crippen LogP contribution in [-0.2, 0) is 10.3 Å². The second-order valence-electron chi connectivity index (χ2n) is 4.38. The SMILES string of the molecule is CCN1CCOC(C)(c2[nH]ncc2C)C1. The minimum atomic E-state index is -0.227. The van der Waals surface area contributed by atoms with E-state index in [9.17, 15) is 0 Å². The number of aromatic nitrogens is 2. The smallest absolute Gasteiger partial charge is 0.119 e. The summed E-state index contributed by atoms with van der Waals surface area (Å²) in [7, 11) is 0. The number of morpholine rings is 1. The lowest BCUT2D eigenvalue weighted by atomic mass is 9.97. The average molecular weight is 209 g/mol. The van der Waals surface area contributed by atoms with E-state index in [0.29, 0.717) is 0 Å². The molecular weight excluding hydrogens is 190 g/mol. The van der Waals surface area contributed by atoms with Gasteiger partial charge in [0.15, 0.2) is 0 Å². The quantitative estimate of drug-likeness (QED) is 0.798. The fourth-order valence-electron chi connectivity index (χ4n) is 2.25. The molecule has 1 fully saturated rings. The molecule has 1 N–H and O–H groups in total. The highest BCUT2D eigenvalue weighted by atomic mass is 16.5. The van der Waals surface area contributed by atoms with E-state index in [-0.39, 0.29) is 5.60 Å². The molecule has 4 heteroatoms. The molecule has 2 rings (SSSR count). The Morgan fingerprint density at radius 3 is 3.07 bits per heavy atom. The standard InChI is InChI=1S/C11H19N3O/c1-4-14-5-6-15-11(3,8-14)10-9(2)7-12-13-10/h7H,4-6,8H2,1-3H3,(H,12,13). The summed E-state index contributed by atoms with van der Waals surface area (Å²) in [4.78, 5) is 2.41. The molecule has 1 aliphatic rings. The number of ether oxygens (including phenoxy) is 1. The molecule has 0 spiro atoms. The minimum absolute atomic E-state index is 0.227. The Morgan fingerprint density at radius 2 is 2.47 bits per heavy atom. The van der Waals surface area contributed by atoms with Crippen LogP contribution in [-0.4, -0.2) is 41.3 Å². The van der Waals surface area contributed by atoms with E-state index in [1.165, 1.54) is 5.56 Å². The summed E-state index contributed by atoms with van der Waals surface area (Å²) >= 11 is 0. The molecule has 1 aromatic heterocycles. The number of hydrogen-bond donors (Lipinski definition) is 1. The zero-order valence-electron chi connectivity index (χ0n) is 9.71. The van der Waals surface area contributed by atoms with E-state index < -0.39 is 0 Å². The van der Waals surface area contributed by atoms with E-state index in [1.54, 1.807) is 0 Å². The van der Waals surface area contributed by atoms with Crippen LogP contribution >= 0.6 is 0 Å². The van der Waals surface area contributed by atoms with Crippen molar-refractivity contribution in [2.75, 3.05) is 26.2 Å². The number of likely N-dealkylation sites (N-methyl/N-ethyl adjacent to an activating group) is 1. The molecule has 84 valence electrons. The highest BCUT2D eigenvalue weighted by Crippen LogP contribution is 2.29. The van der Waals surface area contributed by atoms with Crippen LogP contribution in [0.15, 0.2) is 6.20 Å². The Morgan fingerprint density at radius 1 is 1.67 bits per heavy atom. The van der Waals surface area contributed by atoms with Crippen molar-refractivity contribution in [3.8, 4) is 0 Å². The van der Waals surface area contributed by atoms with Crippen molar-refractivity contribution < 1.29 is 4.74 Å². The highest BCUT2D eigenvalue weighted by molar-refractivity contribution is 5.22. The molecule has 15 heavy (non-hydrogen) atoms. The third kappa shape index (κ3) is 1.92. The molecule has 4 nitrogen and oxygen atoms in total. The normalized spacial score (nSPS) is 28.2. The maximum absolute atomic E-state index is 5.91. The molecular formula is C11H19N3O. The molecule has 1 atom stereocenters. The molecule has 0 aliphatic carbocycles. The predicted molar refractivity (Wildman–Crippen MR) is 58.7 cm³/mol. The molecule has 1 aliphatic heterocycles. The lowest BCUT2D eigenvalue weighted by molar-refractivity contribution is -0.104. The summed E-state index contributed by atoms with van der Waals surface area (Å²) in [5.41, 5.74) is 2.06. The first kappa shape index (κ1) is 10.6. The van der Waals surface area contributed by atoms with E-state index >= 15 is 0 Å². The number of aryl methyl sites for hydroxylation is 1. The predicted octanol–water partition coefficient (Wildman–Crippen LogP) is 1.29. The first-order valence-electron chi connectivity index (χ1n) is 5.52. The zero-order valence-corrected chi connectivity index (χ0v) is 9.71. The van der Waals surface area contributed by atoms with Crippen LogP contribution < -0.4 is 0 Å². The molecule has 1 unspecified atom stereocenters. The van der Waals surface area contributed by atoms with Gasteiger partial charge in [0.2, 0.25) is 0 Å². The van der Waals surface area contributed by atoms with Crippen LogP contribution in [0, 0.1) is 6.92 Å². The second-order valence-corrected chi connectivity index (χ2v) is 4.38. The van der Waals surface area contributed by atoms with Crippen LogP contribution in [0.2, 0.25) is 0 Å². The molecule has 1 aromatic rings. The van der Waals surface area contributed by atoms with Crippen molar-refractivity contribution in [1.82, 2.24) is 15.1 Å². The Hall–Kier alpha value is -0.870. The first-order valence-corrected chi connectivity index (χ1v) is 5.52. The van der Waals surface area contributed by atoms with E-state index in [4.69, 9.17) is 4.74 Å². The van der Waals surface area contributed by atoms with Gasteiger partial charge in [-0.25, -0.2) is 0 Å². The average Bonchev–Trinajstić information content (AvgIpc) is 2.65. The Balaban J connectivity index is 2.22. The number of rotatable bonds is 2. The molecule has 1 saturated heterocycles. The molecule has 0 saturated carbocycles. The summed E-state index contributed by atoms with van der Waals surface area (Å²) in [6.07, 6.45) is 1.86. The topological polar surface area (TPSA) is 41.1 Å². The largest absolute Gasteiger partial charge is 0.366 e. The highest BCUT2D eigenvalue weighted by Gasteiger charge is 2.35. The van der Waals surface area contributed by atoms with Gasteiger partial charge in [-0.1, -0.05) is 6.92 Å². The van der Waals surface area contributed by atoms with Crippen molar-refractivity contribution in [2.24, 2.45) is 0 Å². The lowest BCUT2D eigenvalue weighted by Crippen LogP contribution is -2.48. The third-order valence-corrected chi connectivity index (χ3v) is 3.16. The van der Waals surface area contributed by atoms with Gasteiger partial charge in [-0.2, -0.15) is 5.10 Å². The van der Waals surface area contributed by atoms with E-state index in [1.807, 2.05) is 6.20 Å². The van der Waals surface area contributed by atoms with Gasteiger partial charge >= 0.3 is 0 Å². The minimum Gasteiger partial charge on any atom is -0.366 e. The van der Waals surface area contributed by atoms with Crippen LogP contribution in [0.3, 0.4) is 0 Å². The van der Waals surface area contributed by atoms with Gasteiger partial charge in [-0.3, -0.25) is 10.00 Å². The monoisotopic (exact) mass is 209 g/mol. The number of aromatic amines is 1. The Kier molecular flexibility index (Phi) is 2.80. The summed E-state index contributed by atoms with van der Waals surface area (Å²) in [5, 5.41) is 7.13. The maximum Gasteiger partial charge on any atom is 0.119 e. The van der Waals surface area contributed by atoms with Crippen molar-refractivity contribution in [2.45, 2.75) is 26.4 Å². The van der Waals surface area contributed by atoms with Crippen molar-refractivity contribution in [3.05, 3.63) is 17.5 Å². The molecule has 0 amide bonds. The maximum atomic E-state index is 5.91. The summed E-state index contributed by atoms with van der Waals surface area (Å²) in [6, 6.07) is 0. The van der Waals surface area contributed by atoms with Gasteiger partial charge in [-0.05, 0) is 26.0 Å². The van der Waals surface area contributed by atoms with Crippen LogP contribution in [0.1, 0.15) is 25.1 Å². The van der Waals surface area contributed by atoms with Gasteiger partial charge in [0.1, 0.15) is 5.60 Å². The van der Waals surface area contributed by atoms with Gasteiger partial charge in [0.25, 0.3) is 0 Å². The van der Waals surface area contributed by atoms with Crippen molar-refractivity contribution in [1.29, 1.82) is 0 Å². The molecule has 2 heterocycles. The first-order chi connectivity index (χ1) is 7.15.